The lowest BCUT2D eigenvalue weighted by Crippen LogP contribution is -2.07. The van der Waals surface area contributed by atoms with Crippen LogP contribution in [0.5, 0.6) is 0 Å². The van der Waals surface area contributed by atoms with E-state index >= 15 is 0 Å². The standard InChI is InChI=1S/C17H19N3O2S/c1-10-11(2)18-17(19-12(10)3)23-9-16(22)14-5-7-15(8-6-14)20-13(4)21/h5-8H,9H2,1-4H3,(H,20,21). The summed E-state index contributed by atoms with van der Waals surface area (Å²) in [6.07, 6.45) is 0. The van der Waals surface area contributed by atoms with Gasteiger partial charge in [0.15, 0.2) is 10.9 Å². The Morgan fingerprint density at radius 2 is 1.61 bits per heavy atom. The van der Waals surface area contributed by atoms with Gasteiger partial charge in [0.2, 0.25) is 5.91 Å². The fourth-order valence-electron chi connectivity index (χ4n) is 1.96. The van der Waals surface area contributed by atoms with E-state index < -0.39 is 0 Å². The maximum Gasteiger partial charge on any atom is 0.221 e. The summed E-state index contributed by atoms with van der Waals surface area (Å²) < 4.78 is 0. The van der Waals surface area contributed by atoms with Gasteiger partial charge in [-0.15, -0.1) is 0 Å². The lowest BCUT2D eigenvalue weighted by atomic mass is 10.1. The molecule has 120 valence electrons. The molecule has 1 N–H and O–H groups in total. The van der Waals surface area contributed by atoms with E-state index in [4.69, 9.17) is 0 Å². The molecule has 0 spiro atoms. The molecule has 0 radical (unpaired) electrons. The summed E-state index contributed by atoms with van der Waals surface area (Å²) in [5.74, 6) is 0.146. The molecule has 6 heteroatoms. The number of Topliss-reactive ketones (excluding diaryl/α,β-unsaturated/α-hetero) is 1. The molecule has 1 aromatic heterocycles. The molecule has 23 heavy (non-hydrogen) atoms. The number of nitrogens with one attached hydrogen (secondary N) is 1. The minimum absolute atomic E-state index is 0.00357. The molecule has 0 aliphatic carbocycles. The van der Waals surface area contributed by atoms with Crippen molar-refractivity contribution >= 4 is 29.1 Å². The van der Waals surface area contributed by atoms with Gasteiger partial charge in [0.05, 0.1) is 5.75 Å². The van der Waals surface area contributed by atoms with Crippen LogP contribution in [0, 0.1) is 20.8 Å². The Hall–Kier alpha value is -2.21. The van der Waals surface area contributed by atoms with Crippen LogP contribution in [0.25, 0.3) is 0 Å². The SMILES string of the molecule is CC(=O)Nc1ccc(C(=O)CSc2nc(C)c(C)c(C)n2)cc1. The zero-order chi connectivity index (χ0) is 17.0. The Morgan fingerprint density at radius 3 is 2.13 bits per heavy atom. The molecule has 0 unspecified atom stereocenters. The fraction of sp³-hybridized carbons (Fsp3) is 0.294. The highest BCUT2D eigenvalue weighted by molar-refractivity contribution is 7.99. The Morgan fingerprint density at radius 1 is 1.04 bits per heavy atom. The summed E-state index contributed by atoms with van der Waals surface area (Å²) in [6, 6.07) is 6.85. The molecule has 0 fully saturated rings. The Balaban J connectivity index is 2.01. The average Bonchev–Trinajstić information content (AvgIpc) is 2.50. The summed E-state index contributed by atoms with van der Waals surface area (Å²) >= 11 is 1.33. The van der Waals surface area contributed by atoms with Crippen LogP contribution in [0.3, 0.4) is 0 Å². The molecular formula is C17H19N3O2S. The van der Waals surface area contributed by atoms with Crippen molar-refractivity contribution in [3.63, 3.8) is 0 Å². The van der Waals surface area contributed by atoms with Crippen LogP contribution in [0.2, 0.25) is 0 Å². The van der Waals surface area contributed by atoms with E-state index in [-0.39, 0.29) is 17.4 Å². The van der Waals surface area contributed by atoms with Gasteiger partial charge in [-0.1, -0.05) is 11.8 Å². The average molecular weight is 329 g/mol. The van der Waals surface area contributed by atoms with E-state index in [1.54, 1.807) is 24.3 Å². The zero-order valence-electron chi connectivity index (χ0n) is 13.6. The van der Waals surface area contributed by atoms with Crippen LogP contribution >= 0.6 is 11.8 Å². The molecule has 1 amide bonds. The largest absolute Gasteiger partial charge is 0.326 e. The maximum atomic E-state index is 12.2. The monoisotopic (exact) mass is 329 g/mol. The van der Waals surface area contributed by atoms with Crippen molar-refractivity contribution in [2.24, 2.45) is 0 Å². The number of amides is 1. The lowest BCUT2D eigenvalue weighted by molar-refractivity contribution is -0.114. The fourth-order valence-corrected chi connectivity index (χ4v) is 2.79. The second-order valence-electron chi connectivity index (χ2n) is 5.27. The third-order valence-electron chi connectivity index (χ3n) is 3.47. The number of aromatic nitrogens is 2. The minimum atomic E-state index is -0.137. The first-order chi connectivity index (χ1) is 10.9. The van der Waals surface area contributed by atoms with Crippen LogP contribution in [-0.4, -0.2) is 27.4 Å². The Bertz CT molecular complexity index is 719. The van der Waals surface area contributed by atoms with E-state index in [1.807, 2.05) is 20.8 Å². The van der Waals surface area contributed by atoms with Crippen LogP contribution in [0.1, 0.15) is 34.2 Å². The molecule has 0 saturated heterocycles. The van der Waals surface area contributed by atoms with Gasteiger partial charge in [0.1, 0.15) is 0 Å². The van der Waals surface area contributed by atoms with E-state index in [0.717, 1.165) is 17.0 Å². The topological polar surface area (TPSA) is 72.0 Å². The molecule has 0 atom stereocenters. The highest BCUT2D eigenvalue weighted by Gasteiger charge is 2.10. The number of rotatable bonds is 5. The first-order valence-electron chi connectivity index (χ1n) is 7.22. The highest BCUT2D eigenvalue weighted by Crippen LogP contribution is 2.19. The molecule has 0 aliphatic rings. The van der Waals surface area contributed by atoms with Crippen molar-refractivity contribution in [1.29, 1.82) is 0 Å². The number of carbonyl (C=O) groups is 2. The van der Waals surface area contributed by atoms with Crippen LogP contribution in [0.15, 0.2) is 29.4 Å². The quantitative estimate of drug-likeness (QED) is 0.517. The number of ketones is 1. The predicted molar refractivity (Wildman–Crippen MR) is 92.0 cm³/mol. The van der Waals surface area contributed by atoms with Gasteiger partial charge >= 0.3 is 0 Å². The van der Waals surface area contributed by atoms with E-state index in [2.05, 4.69) is 15.3 Å². The van der Waals surface area contributed by atoms with Crippen molar-refractivity contribution in [3.8, 4) is 0 Å². The summed E-state index contributed by atoms with van der Waals surface area (Å²) in [5.41, 5.74) is 4.23. The van der Waals surface area contributed by atoms with Crippen LogP contribution in [0.4, 0.5) is 5.69 Å². The zero-order valence-corrected chi connectivity index (χ0v) is 14.5. The number of hydrogen-bond acceptors (Lipinski definition) is 5. The molecule has 2 rings (SSSR count). The number of benzene rings is 1. The van der Waals surface area contributed by atoms with E-state index in [9.17, 15) is 9.59 Å². The third kappa shape index (κ3) is 4.63. The second kappa shape index (κ2) is 7.37. The second-order valence-corrected chi connectivity index (χ2v) is 6.21. The molecule has 0 aliphatic heterocycles. The van der Waals surface area contributed by atoms with Crippen LogP contribution in [-0.2, 0) is 4.79 Å². The minimum Gasteiger partial charge on any atom is -0.326 e. The third-order valence-corrected chi connectivity index (χ3v) is 4.32. The normalized spacial score (nSPS) is 10.4. The number of nitrogens with zero attached hydrogens (tertiary/aromatic N) is 2. The van der Waals surface area contributed by atoms with E-state index in [0.29, 0.717) is 16.4 Å². The summed E-state index contributed by atoms with van der Waals surface area (Å²) in [6.45, 7) is 7.31. The van der Waals surface area contributed by atoms with Gasteiger partial charge < -0.3 is 5.32 Å². The van der Waals surface area contributed by atoms with Gasteiger partial charge in [-0.25, -0.2) is 9.97 Å². The molecular weight excluding hydrogens is 310 g/mol. The molecule has 2 aromatic rings. The number of thioether (sulfide) groups is 1. The molecule has 1 heterocycles. The number of hydrogen-bond donors (Lipinski definition) is 1. The van der Waals surface area contributed by atoms with E-state index in [1.165, 1.54) is 18.7 Å². The van der Waals surface area contributed by atoms with Gasteiger partial charge in [-0.3, -0.25) is 9.59 Å². The van der Waals surface area contributed by atoms with Crippen molar-refractivity contribution in [3.05, 3.63) is 46.8 Å². The lowest BCUT2D eigenvalue weighted by Gasteiger charge is -2.07. The van der Waals surface area contributed by atoms with Gasteiger partial charge in [-0.2, -0.15) is 0 Å². The molecule has 1 aromatic carbocycles. The predicted octanol–water partition coefficient (Wildman–Crippen LogP) is 3.34. The molecule has 0 bridgehead atoms. The smallest absolute Gasteiger partial charge is 0.221 e. The first kappa shape index (κ1) is 17.1. The molecule has 5 nitrogen and oxygen atoms in total. The Labute approximate surface area is 139 Å². The summed E-state index contributed by atoms with van der Waals surface area (Å²) in [4.78, 5) is 32.0. The highest BCUT2D eigenvalue weighted by atomic mass is 32.2. The first-order valence-corrected chi connectivity index (χ1v) is 8.21. The number of carbonyl (C=O) groups excluding carboxylic acids is 2. The van der Waals surface area contributed by atoms with Crippen molar-refractivity contribution in [2.75, 3.05) is 11.1 Å². The van der Waals surface area contributed by atoms with Crippen molar-refractivity contribution in [2.45, 2.75) is 32.9 Å². The van der Waals surface area contributed by atoms with Crippen molar-refractivity contribution in [1.82, 2.24) is 9.97 Å². The number of aryl methyl sites for hydroxylation is 2. The van der Waals surface area contributed by atoms with Crippen molar-refractivity contribution < 1.29 is 9.59 Å². The summed E-state index contributed by atoms with van der Waals surface area (Å²) in [7, 11) is 0. The van der Waals surface area contributed by atoms with Crippen LogP contribution < -0.4 is 5.32 Å². The van der Waals surface area contributed by atoms with Gasteiger partial charge in [0.25, 0.3) is 0 Å². The van der Waals surface area contributed by atoms with Gasteiger partial charge in [0, 0.05) is 29.6 Å². The maximum absolute atomic E-state index is 12.2. The Kier molecular flexibility index (Phi) is 5.50. The number of anilines is 1. The summed E-state index contributed by atoms with van der Waals surface area (Å²) in [5, 5.41) is 3.29. The van der Waals surface area contributed by atoms with Gasteiger partial charge in [-0.05, 0) is 50.6 Å². The molecule has 0 saturated carbocycles.